The van der Waals surface area contributed by atoms with Gasteiger partial charge in [0.25, 0.3) is 0 Å². The van der Waals surface area contributed by atoms with Crippen LogP contribution in [0, 0.1) is 6.92 Å². The Hall–Kier alpha value is -1.88. The molecule has 1 aromatic carbocycles. The summed E-state index contributed by atoms with van der Waals surface area (Å²) in [4.78, 5) is 9.33. The number of hydrogen-bond donors (Lipinski definition) is 2. The van der Waals surface area contributed by atoms with Gasteiger partial charge in [-0.15, -0.1) is 11.3 Å². The fourth-order valence-electron chi connectivity index (χ4n) is 2.22. The van der Waals surface area contributed by atoms with Crippen molar-refractivity contribution >= 4 is 17.3 Å². The summed E-state index contributed by atoms with van der Waals surface area (Å²) in [5.74, 6) is 1.36. The zero-order valence-electron chi connectivity index (χ0n) is 15.1. The van der Waals surface area contributed by atoms with Crippen LogP contribution >= 0.6 is 11.3 Å². The van der Waals surface area contributed by atoms with Crippen molar-refractivity contribution in [2.24, 2.45) is 4.99 Å². The number of nitrogens with one attached hydrogen (secondary N) is 2. The maximum Gasteiger partial charge on any atom is 0.191 e. The average Bonchev–Trinajstić information content (AvgIpc) is 3.03. The lowest BCUT2D eigenvalue weighted by molar-refractivity contribution is 0.780. The first kappa shape index (κ1) is 18.5. The predicted octanol–water partition coefficient (Wildman–Crippen LogP) is 3.87. The van der Waals surface area contributed by atoms with Crippen molar-refractivity contribution in [1.29, 1.82) is 0 Å². The van der Waals surface area contributed by atoms with Crippen molar-refractivity contribution < 1.29 is 0 Å². The van der Waals surface area contributed by atoms with E-state index in [1.165, 1.54) is 16.1 Å². The summed E-state index contributed by atoms with van der Waals surface area (Å²) in [7, 11) is 0. The summed E-state index contributed by atoms with van der Waals surface area (Å²) in [5.41, 5.74) is 3.65. The molecule has 1 heterocycles. The molecular formula is C19H28N4S. The van der Waals surface area contributed by atoms with Gasteiger partial charge in [-0.1, -0.05) is 43.7 Å². The molecule has 1 aromatic heterocycles. The molecule has 4 nitrogen and oxygen atoms in total. The highest BCUT2D eigenvalue weighted by Crippen LogP contribution is 2.19. The van der Waals surface area contributed by atoms with Crippen LogP contribution in [0.4, 0.5) is 0 Å². The third kappa shape index (κ3) is 5.96. The molecule has 0 unspecified atom stereocenters. The van der Waals surface area contributed by atoms with Crippen molar-refractivity contribution in [1.82, 2.24) is 15.6 Å². The van der Waals surface area contributed by atoms with Crippen LogP contribution in [0.1, 0.15) is 48.5 Å². The van der Waals surface area contributed by atoms with Crippen LogP contribution in [-0.2, 0) is 13.0 Å². The van der Waals surface area contributed by atoms with Crippen molar-refractivity contribution in [3.05, 3.63) is 51.5 Å². The third-order valence-electron chi connectivity index (χ3n) is 3.62. The fourth-order valence-corrected chi connectivity index (χ4v) is 3.09. The minimum Gasteiger partial charge on any atom is -0.357 e. The van der Waals surface area contributed by atoms with E-state index in [1.54, 1.807) is 11.3 Å². The van der Waals surface area contributed by atoms with Crippen LogP contribution in [0.3, 0.4) is 0 Å². The van der Waals surface area contributed by atoms with E-state index in [0.717, 1.165) is 31.2 Å². The largest absolute Gasteiger partial charge is 0.357 e. The first-order valence-electron chi connectivity index (χ1n) is 8.60. The van der Waals surface area contributed by atoms with Crippen LogP contribution in [0.25, 0.3) is 0 Å². The Kier molecular flexibility index (Phi) is 7.25. The van der Waals surface area contributed by atoms with E-state index >= 15 is 0 Å². The molecule has 0 aliphatic carbocycles. The summed E-state index contributed by atoms with van der Waals surface area (Å²) in [5, 5.41) is 10.1. The Morgan fingerprint density at radius 2 is 1.96 bits per heavy atom. The van der Waals surface area contributed by atoms with Crippen LogP contribution < -0.4 is 10.6 Å². The van der Waals surface area contributed by atoms with Gasteiger partial charge < -0.3 is 10.6 Å². The Morgan fingerprint density at radius 3 is 2.58 bits per heavy atom. The summed E-state index contributed by atoms with van der Waals surface area (Å²) < 4.78 is 0. The lowest BCUT2D eigenvalue weighted by atomic mass is 10.1. The molecule has 0 fully saturated rings. The number of aliphatic imine (C=N–C) groups is 1. The summed E-state index contributed by atoms with van der Waals surface area (Å²) in [6, 6.07) is 8.51. The molecule has 0 amide bonds. The smallest absolute Gasteiger partial charge is 0.191 e. The van der Waals surface area contributed by atoms with Gasteiger partial charge >= 0.3 is 0 Å². The molecule has 130 valence electrons. The predicted molar refractivity (Wildman–Crippen MR) is 104 cm³/mol. The van der Waals surface area contributed by atoms with Gasteiger partial charge in [-0.25, -0.2) is 9.98 Å². The second kappa shape index (κ2) is 9.42. The Labute approximate surface area is 149 Å². The monoisotopic (exact) mass is 344 g/mol. The first-order valence-corrected chi connectivity index (χ1v) is 9.48. The third-order valence-corrected chi connectivity index (χ3v) is 4.82. The Balaban J connectivity index is 1.85. The van der Waals surface area contributed by atoms with Gasteiger partial charge in [0.15, 0.2) is 5.96 Å². The number of aryl methyl sites for hydroxylation is 1. The van der Waals surface area contributed by atoms with E-state index in [2.05, 4.69) is 78.0 Å². The zero-order chi connectivity index (χ0) is 17.4. The Bertz CT molecular complexity index is 644. The van der Waals surface area contributed by atoms with Gasteiger partial charge in [-0.3, -0.25) is 0 Å². The molecule has 0 aliphatic heterocycles. The molecule has 0 atom stereocenters. The number of guanidine groups is 1. The second-order valence-corrected chi connectivity index (χ2v) is 7.08. The lowest BCUT2D eigenvalue weighted by Crippen LogP contribution is -2.38. The standard InChI is InChI=1S/C19H28N4S/c1-5-20-19(22-12-16-8-6-15(4)7-9-16)21-11-10-17-13-24-18(23-17)14(2)3/h6-9,13-14H,5,10-12H2,1-4H3,(H2,20,21,22). The van der Waals surface area contributed by atoms with Crippen LogP contribution in [-0.4, -0.2) is 24.0 Å². The maximum atomic E-state index is 4.67. The number of hydrogen-bond acceptors (Lipinski definition) is 3. The quantitative estimate of drug-likeness (QED) is 0.592. The van der Waals surface area contributed by atoms with Gasteiger partial charge in [-0.05, 0) is 19.4 Å². The normalized spacial score (nSPS) is 11.8. The highest BCUT2D eigenvalue weighted by molar-refractivity contribution is 7.09. The average molecular weight is 345 g/mol. The maximum absolute atomic E-state index is 4.67. The summed E-state index contributed by atoms with van der Waals surface area (Å²) >= 11 is 1.75. The molecule has 2 rings (SSSR count). The number of thiazole rings is 1. The van der Waals surface area contributed by atoms with Crippen molar-refractivity contribution in [2.75, 3.05) is 13.1 Å². The highest BCUT2D eigenvalue weighted by atomic mass is 32.1. The van der Waals surface area contributed by atoms with E-state index in [4.69, 9.17) is 0 Å². The molecular weight excluding hydrogens is 316 g/mol. The second-order valence-electron chi connectivity index (χ2n) is 6.19. The molecule has 0 saturated heterocycles. The summed E-state index contributed by atoms with van der Waals surface area (Å²) in [6.45, 7) is 10.9. The van der Waals surface area contributed by atoms with E-state index in [0.29, 0.717) is 12.5 Å². The van der Waals surface area contributed by atoms with E-state index in [9.17, 15) is 0 Å². The van der Waals surface area contributed by atoms with Crippen molar-refractivity contribution in [2.45, 2.75) is 46.6 Å². The van der Waals surface area contributed by atoms with E-state index in [1.807, 2.05) is 0 Å². The molecule has 0 spiro atoms. The highest BCUT2D eigenvalue weighted by Gasteiger charge is 2.06. The molecule has 0 bridgehead atoms. The van der Waals surface area contributed by atoms with Gasteiger partial charge in [0.1, 0.15) is 0 Å². The Morgan fingerprint density at radius 1 is 1.21 bits per heavy atom. The van der Waals surface area contributed by atoms with Crippen molar-refractivity contribution in [3.63, 3.8) is 0 Å². The van der Waals surface area contributed by atoms with Crippen LogP contribution in [0.5, 0.6) is 0 Å². The fraction of sp³-hybridized carbons (Fsp3) is 0.474. The van der Waals surface area contributed by atoms with Crippen molar-refractivity contribution in [3.8, 4) is 0 Å². The van der Waals surface area contributed by atoms with Gasteiger partial charge in [0.05, 0.1) is 17.2 Å². The lowest BCUT2D eigenvalue weighted by Gasteiger charge is -2.10. The molecule has 0 aliphatic rings. The first-order chi connectivity index (χ1) is 11.6. The topological polar surface area (TPSA) is 49.3 Å². The minimum absolute atomic E-state index is 0.505. The van der Waals surface area contributed by atoms with E-state index in [-0.39, 0.29) is 0 Å². The number of nitrogens with zero attached hydrogens (tertiary/aromatic N) is 2. The molecule has 0 saturated carbocycles. The number of rotatable bonds is 7. The molecule has 2 N–H and O–H groups in total. The number of aromatic nitrogens is 1. The van der Waals surface area contributed by atoms with Gasteiger partial charge in [0.2, 0.25) is 0 Å². The van der Waals surface area contributed by atoms with Crippen LogP contribution in [0.2, 0.25) is 0 Å². The van der Waals surface area contributed by atoms with E-state index < -0.39 is 0 Å². The molecule has 24 heavy (non-hydrogen) atoms. The molecule has 0 radical (unpaired) electrons. The van der Waals surface area contributed by atoms with Crippen LogP contribution in [0.15, 0.2) is 34.6 Å². The minimum atomic E-state index is 0.505. The molecule has 2 aromatic rings. The summed E-state index contributed by atoms with van der Waals surface area (Å²) in [6.07, 6.45) is 0.915. The molecule has 5 heteroatoms. The zero-order valence-corrected chi connectivity index (χ0v) is 15.9. The SMILES string of the molecule is CCNC(=NCc1ccc(C)cc1)NCCc1csc(C(C)C)n1. The van der Waals surface area contributed by atoms with Gasteiger partial charge in [0, 0.05) is 30.8 Å². The van der Waals surface area contributed by atoms with Gasteiger partial charge in [-0.2, -0.15) is 0 Å². The number of benzene rings is 1.